The Balaban J connectivity index is 1.88. The van der Waals surface area contributed by atoms with E-state index in [1.807, 2.05) is 37.4 Å². The molecule has 1 aromatic carbocycles. The number of thioether (sulfide) groups is 1. The van der Waals surface area contributed by atoms with E-state index in [1.54, 1.807) is 18.3 Å². The second-order valence-corrected chi connectivity index (χ2v) is 5.67. The molecular weight excluding hydrogens is 286 g/mol. The SMILES string of the molecule is CN1NC(=NCc2ccccc2)Sc2c1cnn(C)c2=O. The molecule has 0 atom stereocenters. The van der Waals surface area contributed by atoms with E-state index < -0.39 is 0 Å². The van der Waals surface area contributed by atoms with Gasteiger partial charge in [0.1, 0.15) is 4.90 Å². The lowest BCUT2D eigenvalue weighted by atomic mass is 10.2. The number of aryl methyl sites for hydroxylation is 1. The molecule has 0 amide bonds. The molecule has 2 heterocycles. The zero-order valence-corrected chi connectivity index (χ0v) is 12.6. The molecule has 1 aliphatic heterocycles. The Morgan fingerprint density at radius 2 is 2.05 bits per heavy atom. The third-order valence-corrected chi connectivity index (χ3v) is 4.15. The molecule has 1 aliphatic rings. The van der Waals surface area contributed by atoms with Crippen LogP contribution >= 0.6 is 11.8 Å². The van der Waals surface area contributed by atoms with E-state index in [4.69, 9.17) is 0 Å². The Kier molecular flexibility index (Phi) is 3.66. The fraction of sp³-hybridized carbons (Fsp3) is 0.214. The molecule has 2 aromatic rings. The van der Waals surface area contributed by atoms with Gasteiger partial charge in [-0.1, -0.05) is 30.3 Å². The van der Waals surface area contributed by atoms with Crippen molar-refractivity contribution in [3.63, 3.8) is 0 Å². The summed E-state index contributed by atoms with van der Waals surface area (Å²) in [5.74, 6) is 0. The number of rotatable bonds is 2. The van der Waals surface area contributed by atoms with Crippen LogP contribution in [0, 0.1) is 0 Å². The number of anilines is 1. The maximum atomic E-state index is 12.1. The molecule has 108 valence electrons. The molecule has 3 rings (SSSR count). The summed E-state index contributed by atoms with van der Waals surface area (Å²) < 4.78 is 1.33. The minimum Gasteiger partial charge on any atom is -0.286 e. The van der Waals surface area contributed by atoms with Crippen molar-refractivity contribution >= 4 is 22.6 Å². The molecule has 1 aromatic heterocycles. The summed E-state index contributed by atoms with van der Waals surface area (Å²) in [6.45, 7) is 0.574. The van der Waals surface area contributed by atoms with Gasteiger partial charge in [0.15, 0.2) is 5.17 Å². The van der Waals surface area contributed by atoms with Crippen LogP contribution in [0.1, 0.15) is 5.56 Å². The first kappa shape index (κ1) is 13.7. The zero-order valence-electron chi connectivity index (χ0n) is 11.8. The molecule has 0 saturated heterocycles. The van der Waals surface area contributed by atoms with Crippen LogP contribution in [0.3, 0.4) is 0 Å². The van der Waals surface area contributed by atoms with Crippen LogP contribution in [0.25, 0.3) is 0 Å². The van der Waals surface area contributed by atoms with Gasteiger partial charge in [0.25, 0.3) is 5.56 Å². The molecule has 0 saturated carbocycles. The lowest BCUT2D eigenvalue weighted by molar-refractivity contribution is 0.679. The molecule has 0 fully saturated rings. The third-order valence-electron chi connectivity index (χ3n) is 3.15. The number of hydrazine groups is 1. The van der Waals surface area contributed by atoms with Crippen LogP contribution in [0.15, 0.2) is 51.2 Å². The highest BCUT2D eigenvalue weighted by Crippen LogP contribution is 2.29. The minimum absolute atomic E-state index is 0.113. The maximum Gasteiger partial charge on any atom is 0.282 e. The Hall–Kier alpha value is -2.28. The van der Waals surface area contributed by atoms with Crippen LogP contribution in [-0.2, 0) is 13.6 Å². The molecule has 1 N–H and O–H groups in total. The predicted molar refractivity (Wildman–Crippen MR) is 84.5 cm³/mol. The normalized spacial score (nSPS) is 15.7. The van der Waals surface area contributed by atoms with E-state index >= 15 is 0 Å². The number of hydrogen-bond acceptors (Lipinski definition) is 5. The number of aliphatic imine (C=N–C) groups is 1. The summed E-state index contributed by atoms with van der Waals surface area (Å²) in [6.07, 6.45) is 1.67. The van der Waals surface area contributed by atoms with E-state index in [-0.39, 0.29) is 5.56 Å². The lowest BCUT2D eigenvalue weighted by Crippen LogP contribution is -2.43. The standard InChI is InChI=1S/C14H15N5OS/c1-18-11-9-16-19(2)13(20)12(11)21-14(17-18)15-8-10-6-4-3-5-7-10/h3-7,9H,8H2,1-2H3,(H,15,17). The smallest absolute Gasteiger partial charge is 0.282 e. The Bertz CT molecular complexity index is 741. The number of benzene rings is 1. The van der Waals surface area contributed by atoms with Gasteiger partial charge >= 0.3 is 0 Å². The summed E-state index contributed by atoms with van der Waals surface area (Å²) in [7, 11) is 3.49. The summed E-state index contributed by atoms with van der Waals surface area (Å²) in [5, 5.41) is 6.50. The van der Waals surface area contributed by atoms with Crippen molar-refractivity contribution < 1.29 is 0 Å². The van der Waals surface area contributed by atoms with Crippen molar-refractivity contribution in [2.75, 3.05) is 12.1 Å². The van der Waals surface area contributed by atoms with Gasteiger partial charge in [0, 0.05) is 14.1 Å². The number of fused-ring (bicyclic) bond motifs is 1. The highest BCUT2D eigenvalue weighted by molar-refractivity contribution is 8.14. The van der Waals surface area contributed by atoms with Gasteiger partial charge in [-0.05, 0) is 17.3 Å². The fourth-order valence-electron chi connectivity index (χ4n) is 1.98. The van der Waals surface area contributed by atoms with Crippen molar-refractivity contribution in [1.29, 1.82) is 0 Å². The number of nitrogens with one attached hydrogen (secondary N) is 1. The second kappa shape index (κ2) is 5.61. The van der Waals surface area contributed by atoms with Crippen molar-refractivity contribution in [2.45, 2.75) is 11.4 Å². The molecular formula is C14H15N5OS. The van der Waals surface area contributed by atoms with E-state index in [0.717, 1.165) is 11.3 Å². The van der Waals surface area contributed by atoms with Crippen LogP contribution in [0.4, 0.5) is 5.69 Å². The van der Waals surface area contributed by atoms with Gasteiger partial charge in [0.2, 0.25) is 0 Å². The molecule has 0 bridgehead atoms. The second-order valence-electron chi connectivity index (χ2n) is 4.67. The summed E-state index contributed by atoms with van der Waals surface area (Å²) in [5.41, 5.74) is 4.93. The van der Waals surface area contributed by atoms with Crippen LogP contribution in [-0.4, -0.2) is 22.0 Å². The van der Waals surface area contributed by atoms with Gasteiger partial charge < -0.3 is 0 Å². The fourth-order valence-corrected chi connectivity index (χ4v) is 3.00. The molecule has 0 aliphatic carbocycles. The molecule has 7 heteroatoms. The molecule has 0 spiro atoms. The molecule has 6 nitrogen and oxygen atoms in total. The van der Waals surface area contributed by atoms with Crippen LogP contribution in [0.2, 0.25) is 0 Å². The average Bonchev–Trinajstić information content (AvgIpc) is 2.50. The van der Waals surface area contributed by atoms with E-state index in [9.17, 15) is 4.79 Å². The Morgan fingerprint density at radius 3 is 2.81 bits per heavy atom. The zero-order chi connectivity index (χ0) is 14.8. The van der Waals surface area contributed by atoms with E-state index in [0.29, 0.717) is 16.6 Å². The first-order valence-corrected chi connectivity index (χ1v) is 7.30. The lowest BCUT2D eigenvalue weighted by Gasteiger charge is -2.28. The summed E-state index contributed by atoms with van der Waals surface area (Å²) in [6, 6.07) is 10.0. The predicted octanol–water partition coefficient (Wildman–Crippen LogP) is 1.38. The number of amidine groups is 1. The Labute approximate surface area is 126 Å². The van der Waals surface area contributed by atoms with E-state index in [2.05, 4.69) is 15.5 Å². The van der Waals surface area contributed by atoms with Gasteiger partial charge in [0.05, 0.1) is 18.4 Å². The van der Waals surface area contributed by atoms with Crippen molar-refractivity contribution in [1.82, 2.24) is 15.2 Å². The molecule has 0 radical (unpaired) electrons. The Morgan fingerprint density at radius 1 is 1.29 bits per heavy atom. The van der Waals surface area contributed by atoms with Gasteiger partial charge in [-0.15, -0.1) is 0 Å². The summed E-state index contributed by atoms with van der Waals surface area (Å²) in [4.78, 5) is 17.3. The third kappa shape index (κ3) is 2.78. The van der Waals surface area contributed by atoms with Crippen molar-refractivity contribution in [3.05, 3.63) is 52.4 Å². The summed E-state index contributed by atoms with van der Waals surface area (Å²) >= 11 is 1.34. The quantitative estimate of drug-likeness (QED) is 0.908. The van der Waals surface area contributed by atoms with Crippen LogP contribution < -0.4 is 16.0 Å². The van der Waals surface area contributed by atoms with Crippen LogP contribution in [0.5, 0.6) is 0 Å². The largest absolute Gasteiger partial charge is 0.286 e. The number of aromatic nitrogens is 2. The number of hydrogen-bond donors (Lipinski definition) is 1. The monoisotopic (exact) mass is 301 g/mol. The van der Waals surface area contributed by atoms with E-state index in [1.165, 1.54) is 16.4 Å². The van der Waals surface area contributed by atoms with Gasteiger partial charge in [-0.3, -0.25) is 20.2 Å². The first-order valence-electron chi connectivity index (χ1n) is 6.48. The highest BCUT2D eigenvalue weighted by atomic mass is 32.2. The molecule has 0 unspecified atom stereocenters. The maximum absolute atomic E-state index is 12.1. The van der Waals surface area contributed by atoms with Crippen molar-refractivity contribution in [2.24, 2.45) is 12.0 Å². The first-order chi connectivity index (χ1) is 10.1. The van der Waals surface area contributed by atoms with Crippen molar-refractivity contribution in [3.8, 4) is 0 Å². The minimum atomic E-state index is -0.113. The highest BCUT2D eigenvalue weighted by Gasteiger charge is 2.22. The molecule has 21 heavy (non-hydrogen) atoms. The van der Waals surface area contributed by atoms with Gasteiger partial charge in [-0.2, -0.15) is 5.10 Å². The average molecular weight is 301 g/mol. The van der Waals surface area contributed by atoms with Gasteiger partial charge in [-0.25, -0.2) is 4.68 Å². The number of nitrogens with zero attached hydrogens (tertiary/aromatic N) is 4. The topological polar surface area (TPSA) is 62.5 Å².